The molecule has 0 aromatic heterocycles. The first-order valence-electron chi connectivity index (χ1n) is 7.06. The molecule has 0 bridgehead atoms. The molecule has 6 nitrogen and oxygen atoms in total. The van der Waals surface area contributed by atoms with Crippen LogP contribution in [-0.2, 0) is 10.2 Å². The van der Waals surface area contributed by atoms with Crippen LogP contribution in [0.5, 0.6) is 5.75 Å². The molecule has 0 heterocycles. The minimum absolute atomic E-state index is 0.0764. The lowest BCUT2D eigenvalue weighted by Crippen LogP contribution is -2.42. The Morgan fingerprint density at radius 1 is 1.32 bits per heavy atom. The zero-order chi connectivity index (χ0) is 16.8. The average molecular weight is 325 g/mol. The number of nitrogens with one attached hydrogen (secondary N) is 1. The van der Waals surface area contributed by atoms with E-state index in [0.29, 0.717) is 0 Å². The SMILES string of the molecule is COc1ccc(C(NS(=O)(=O)N(C)CCC#N)C(C)C)cc1. The van der Waals surface area contributed by atoms with Gasteiger partial charge >= 0.3 is 0 Å². The second-order valence-electron chi connectivity index (χ2n) is 5.35. The van der Waals surface area contributed by atoms with Crippen LogP contribution in [0.15, 0.2) is 24.3 Å². The first-order chi connectivity index (χ1) is 10.3. The van der Waals surface area contributed by atoms with Crippen LogP contribution in [-0.4, -0.2) is 33.4 Å². The largest absolute Gasteiger partial charge is 0.497 e. The number of hydrogen-bond donors (Lipinski definition) is 1. The number of nitrogens with zero attached hydrogens (tertiary/aromatic N) is 2. The van der Waals surface area contributed by atoms with Crippen molar-refractivity contribution in [3.63, 3.8) is 0 Å². The second-order valence-corrected chi connectivity index (χ2v) is 7.16. The molecule has 1 aromatic carbocycles. The van der Waals surface area contributed by atoms with E-state index in [1.54, 1.807) is 19.2 Å². The zero-order valence-corrected chi connectivity index (χ0v) is 14.2. The van der Waals surface area contributed by atoms with Gasteiger partial charge in [0, 0.05) is 20.0 Å². The van der Waals surface area contributed by atoms with E-state index >= 15 is 0 Å². The third kappa shape index (κ3) is 4.98. The molecule has 0 spiro atoms. The zero-order valence-electron chi connectivity index (χ0n) is 13.4. The number of rotatable bonds is 8. The third-order valence-electron chi connectivity index (χ3n) is 3.37. The standard InChI is InChI=1S/C15H23N3O3S/c1-12(2)15(13-6-8-14(21-4)9-7-13)17-22(19,20)18(3)11-5-10-16/h6-9,12,15,17H,5,11H2,1-4H3. The summed E-state index contributed by atoms with van der Waals surface area (Å²) in [7, 11) is -0.591. The van der Waals surface area contributed by atoms with Gasteiger partial charge in [0.1, 0.15) is 5.75 Å². The summed E-state index contributed by atoms with van der Waals surface area (Å²) in [5.74, 6) is 0.799. The molecular formula is C15H23N3O3S. The summed E-state index contributed by atoms with van der Waals surface area (Å²) in [6.45, 7) is 4.07. The van der Waals surface area contributed by atoms with Crippen molar-refractivity contribution >= 4 is 10.2 Å². The summed E-state index contributed by atoms with van der Waals surface area (Å²) in [4.78, 5) is 0. The molecule has 1 atom stereocenters. The van der Waals surface area contributed by atoms with Crippen LogP contribution in [0.2, 0.25) is 0 Å². The van der Waals surface area contributed by atoms with Crippen LogP contribution in [0.3, 0.4) is 0 Å². The highest BCUT2D eigenvalue weighted by atomic mass is 32.2. The van der Waals surface area contributed by atoms with Gasteiger partial charge in [-0.15, -0.1) is 0 Å². The number of nitriles is 1. The van der Waals surface area contributed by atoms with Crippen molar-refractivity contribution in [2.24, 2.45) is 5.92 Å². The minimum atomic E-state index is -3.64. The number of hydrogen-bond acceptors (Lipinski definition) is 4. The smallest absolute Gasteiger partial charge is 0.279 e. The van der Waals surface area contributed by atoms with Gasteiger partial charge in [-0.1, -0.05) is 26.0 Å². The van der Waals surface area contributed by atoms with Crippen molar-refractivity contribution in [3.8, 4) is 11.8 Å². The van der Waals surface area contributed by atoms with Gasteiger partial charge in [-0.2, -0.15) is 22.7 Å². The Balaban J connectivity index is 2.94. The van der Waals surface area contributed by atoms with Crippen LogP contribution < -0.4 is 9.46 Å². The highest BCUT2D eigenvalue weighted by Crippen LogP contribution is 2.25. The van der Waals surface area contributed by atoms with Crippen LogP contribution in [0.4, 0.5) is 0 Å². The van der Waals surface area contributed by atoms with Crippen LogP contribution in [0.1, 0.15) is 31.9 Å². The molecule has 0 aliphatic carbocycles. The van der Waals surface area contributed by atoms with Gasteiger partial charge in [-0.3, -0.25) is 0 Å². The molecule has 0 aliphatic rings. The van der Waals surface area contributed by atoms with Crippen LogP contribution in [0.25, 0.3) is 0 Å². The Hall–Kier alpha value is -1.62. The van der Waals surface area contributed by atoms with Crippen molar-refractivity contribution < 1.29 is 13.2 Å². The molecule has 0 saturated carbocycles. The number of benzene rings is 1. The molecule has 0 amide bonds. The summed E-state index contributed by atoms with van der Waals surface area (Å²) in [5.41, 5.74) is 0.869. The van der Waals surface area contributed by atoms with Crippen molar-refractivity contribution in [1.82, 2.24) is 9.03 Å². The molecule has 0 radical (unpaired) electrons. The summed E-state index contributed by atoms with van der Waals surface area (Å²) in [6.07, 6.45) is 0.159. The molecule has 1 aromatic rings. The predicted molar refractivity (Wildman–Crippen MR) is 85.5 cm³/mol. The van der Waals surface area contributed by atoms with E-state index in [2.05, 4.69) is 4.72 Å². The Bertz CT molecular complexity index is 606. The maximum atomic E-state index is 12.3. The molecule has 0 fully saturated rings. The first kappa shape index (κ1) is 18.4. The first-order valence-corrected chi connectivity index (χ1v) is 8.50. The van der Waals surface area contributed by atoms with Gasteiger partial charge in [0.2, 0.25) is 0 Å². The van der Waals surface area contributed by atoms with Crippen molar-refractivity contribution in [3.05, 3.63) is 29.8 Å². The summed E-state index contributed by atoms with van der Waals surface area (Å²) >= 11 is 0. The van der Waals surface area contributed by atoms with E-state index in [-0.39, 0.29) is 24.9 Å². The molecule has 1 N–H and O–H groups in total. The van der Waals surface area contributed by atoms with Crippen LogP contribution >= 0.6 is 0 Å². The monoisotopic (exact) mass is 325 g/mol. The quantitative estimate of drug-likeness (QED) is 0.793. The van der Waals surface area contributed by atoms with Gasteiger partial charge in [0.15, 0.2) is 0 Å². The van der Waals surface area contributed by atoms with E-state index < -0.39 is 10.2 Å². The van der Waals surface area contributed by atoms with E-state index in [4.69, 9.17) is 10.00 Å². The van der Waals surface area contributed by atoms with E-state index in [9.17, 15) is 8.42 Å². The Kier molecular flexibility index (Phi) is 6.81. The maximum Gasteiger partial charge on any atom is 0.279 e. The molecule has 22 heavy (non-hydrogen) atoms. The second kappa shape index (κ2) is 8.13. The highest BCUT2D eigenvalue weighted by molar-refractivity contribution is 7.87. The Morgan fingerprint density at radius 2 is 1.91 bits per heavy atom. The lowest BCUT2D eigenvalue weighted by Gasteiger charge is -2.26. The fourth-order valence-corrected chi connectivity index (χ4v) is 3.22. The van der Waals surface area contributed by atoms with Gasteiger partial charge in [0.05, 0.1) is 19.2 Å². The molecule has 1 unspecified atom stereocenters. The summed E-state index contributed by atoms with van der Waals surface area (Å²) in [6, 6.07) is 8.90. The minimum Gasteiger partial charge on any atom is -0.497 e. The fourth-order valence-electron chi connectivity index (χ4n) is 1.98. The Labute approximate surface area is 132 Å². The molecule has 1 rings (SSSR count). The fraction of sp³-hybridized carbons (Fsp3) is 0.533. The lowest BCUT2D eigenvalue weighted by molar-refractivity contribution is 0.411. The predicted octanol–water partition coefficient (Wildman–Crippen LogP) is 2.07. The van der Waals surface area contributed by atoms with E-state index in [1.807, 2.05) is 32.0 Å². The molecular weight excluding hydrogens is 302 g/mol. The van der Waals surface area contributed by atoms with Crippen molar-refractivity contribution in [2.45, 2.75) is 26.3 Å². The topological polar surface area (TPSA) is 82.4 Å². The molecule has 122 valence electrons. The highest BCUT2D eigenvalue weighted by Gasteiger charge is 2.25. The van der Waals surface area contributed by atoms with Crippen molar-refractivity contribution in [2.75, 3.05) is 20.7 Å². The van der Waals surface area contributed by atoms with E-state index in [1.165, 1.54) is 7.05 Å². The van der Waals surface area contributed by atoms with Gasteiger partial charge < -0.3 is 4.74 Å². The number of ether oxygens (including phenoxy) is 1. The van der Waals surface area contributed by atoms with E-state index in [0.717, 1.165) is 15.6 Å². The lowest BCUT2D eigenvalue weighted by atomic mass is 9.97. The molecule has 0 aliphatic heterocycles. The third-order valence-corrected chi connectivity index (χ3v) is 4.92. The van der Waals surface area contributed by atoms with Gasteiger partial charge in [0.25, 0.3) is 10.2 Å². The summed E-state index contributed by atoms with van der Waals surface area (Å²) in [5, 5.41) is 8.57. The maximum absolute atomic E-state index is 12.3. The average Bonchev–Trinajstić information content (AvgIpc) is 2.50. The number of methoxy groups -OCH3 is 1. The van der Waals surface area contributed by atoms with Crippen LogP contribution in [0, 0.1) is 17.2 Å². The van der Waals surface area contributed by atoms with Gasteiger partial charge in [-0.25, -0.2) is 0 Å². The molecule has 7 heteroatoms. The van der Waals surface area contributed by atoms with Gasteiger partial charge in [-0.05, 0) is 23.6 Å². The summed E-state index contributed by atoms with van der Waals surface area (Å²) < 4.78 is 33.6. The van der Waals surface area contributed by atoms with Crippen molar-refractivity contribution in [1.29, 1.82) is 5.26 Å². The Morgan fingerprint density at radius 3 is 2.36 bits per heavy atom. The molecule has 0 saturated heterocycles. The normalized spacial score (nSPS) is 13.1.